The van der Waals surface area contributed by atoms with Crippen LogP contribution in [0.15, 0.2) is 11.1 Å². The molecular formula is C7H4F2IN3O2S. The van der Waals surface area contributed by atoms with E-state index in [4.69, 9.17) is 10.4 Å². The molecular weight excluding hydrogens is 355 g/mol. The van der Waals surface area contributed by atoms with Gasteiger partial charge in [0.25, 0.3) is 16.4 Å². The predicted molar refractivity (Wildman–Crippen MR) is 58.0 cm³/mol. The Morgan fingerprint density at radius 1 is 1.56 bits per heavy atom. The summed E-state index contributed by atoms with van der Waals surface area (Å²) in [7, 11) is -4.16. The minimum atomic E-state index is -4.16. The van der Waals surface area contributed by atoms with Gasteiger partial charge < -0.3 is 0 Å². The Morgan fingerprint density at radius 2 is 2.12 bits per heavy atom. The topological polar surface area (TPSA) is 96.8 Å². The molecule has 0 saturated carbocycles. The third-order valence-corrected chi connectivity index (χ3v) is 3.19. The number of sulfonamides is 1. The number of primary sulfonamides is 1. The van der Waals surface area contributed by atoms with Crippen molar-refractivity contribution in [2.75, 3.05) is 0 Å². The van der Waals surface area contributed by atoms with Gasteiger partial charge in [-0.1, -0.05) is 0 Å². The van der Waals surface area contributed by atoms with E-state index in [-0.39, 0.29) is 9.26 Å². The third-order valence-electron chi connectivity index (χ3n) is 1.62. The number of hydrogen-bond acceptors (Lipinski definition) is 4. The number of rotatable bonds is 2. The second-order valence-corrected chi connectivity index (χ2v) is 5.20. The highest BCUT2D eigenvalue weighted by molar-refractivity contribution is 14.1. The monoisotopic (exact) mass is 359 g/mol. The van der Waals surface area contributed by atoms with Crippen molar-refractivity contribution in [2.24, 2.45) is 5.14 Å². The molecule has 0 bridgehead atoms. The normalized spacial score (nSPS) is 11.5. The summed E-state index contributed by atoms with van der Waals surface area (Å²) in [6.07, 6.45) is -2.97. The van der Waals surface area contributed by atoms with E-state index in [1.807, 2.05) is 0 Å². The van der Waals surface area contributed by atoms with Gasteiger partial charge in [-0.2, -0.15) is 5.26 Å². The van der Waals surface area contributed by atoms with Gasteiger partial charge in [-0.3, -0.25) is 0 Å². The van der Waals surface area contributed by atoms with Gasteiger partial charge in [-0.25, -0.2) is 27.3 Å². The van der Waals surface area contributed by atoms with Crippen molar-refractivity contribution >= 4 is 32.6 Å². The number of nitrogens with zero attached hydrogens (tertiary/aromatic N) is 2. The van der Waals surface area contributed by atoms with Crippen LogP contribution in [0, 0.1) is 15.0 Å². The van der Waals surface area contributed by atoms with Crippen LogP contribution in [-0.4, -0.2) is 13.4 Å². The molecule has 0 spiro atoms. The Hall–Kier alpha value is -0.860. The second-order valence-electron chi connectivity index (χ2n) is 2.67. The molecule has 0 radical (unpaired) electrons. The Bertz CT molecular complexity index is 568. The van der Waals surface area contributed by atoms with E-state index in [0.29, 0.717) is 6.07 Å². The molecule has 0 atom stereocenters. The molecule has 1 rings (SSSR count). The standard InChI is InChI=1S/C7H4F2IN3O2S/c8-6(9)3-1-5(16(12,14)15)13-7(10)4(3)2-11/h1,6H,(H2,12,14,15). The summed E-state index contributed by atoms with van der Waals surface area (Å²) in [5.74, 6) is 0. The van der Waals surface area contributed by atoms with Crippen molar-refractivity contribution < 1.29 is 17.2 Å². The first kappa shape index (κ1) is 13.2. The lowest BCUT2D eigenvalue weighted by Crippen LogP contribution is -2.16. The molecule has 16 heavy (non-hydrogen) atoms. The van der Waals surface area contributed by atoms with E-state index in [9.17, 15) is 17.2 Å². The average Bonchev–Trinajstić information content (AvgIpc) is 2.14. The first-order valence-corrected chi connectivity index (χ1v) is 6.31. The van der Waals surface area contributed by atoms with Crippen LogP contribution in [0.5, 0.6) is 0 Å². The summed E-state index contributed by atoms with van der Waals surface area (Å²) in [5, 5.41) is 12.7. The third kappa shape index (κ3) is 2.63. The lowest BCUT2D eigenvalue weighted by molar-refractivity contribution is 0.150. The molecule has 0 fully saturated rings. The van der Waals surface area contributed by atoms with Gasteiger partial charge in [-0.15, -0.1) is 0 Å². The zero-order valence-electron chi connectivity index (χ0n) is 7.49. The van der Waals surface area contributed by atoms with E-state index < -0.39 is 27.0 Å². The van der Waals surface area contributed by atoms with E-state index in [0.717, 1.165) is 0 Å². The molecule has 0 aliphatic carbocycles. The zero-order valence-corrected chi connectivity index (χ0v) is 10.5. The van der Waals surface area contributed by atoms with Crippen LogP contribution in [0.1, 0.15) is 17.6 Å². The van der Waals surface area contributed by atoms with Crippen LogP contribution in [0.3, 0.4) is 0 Å². The molecule has 0 saturated heterocycles. The molecule has 5 nitrogen and oxygen atoms in total. The molecule has 86 valence electrons. The van der Waals surface area contributed by atoms with Gasteiger partial charge in [0.1, 0.15) is 9.77 Å². The number of pyridine rings is 1. The average molecular weight is 359 g/mol. The number of hydrogen-bond donors (Lipinski definition) is 1. The molecule has 0 aliphatic heterocycles. The summed E-state index contributed by atoms with van der Waals surface area (Å²) in [5.41, 5.74) is -1.03. The van der Waals surface area contributed by atoms with Gasteiger partial charge in [0.2, 0.25) is 0 Å². The molecule has 1 heterocycles. The molecule has 1 aromatic heterocycles. The highest BCUT2D eigenvalue weighted by Gasteiger charge is 2.21. The van der Waals surface area contributed by atoms with E-state index >= 15 is 0 Å². The summed E-state index contributed by atoms with van der Waals surface area (Å²) in [4.78, 5) is 3.48. The number of nitrogens with two attached hydrogens (primary N) is 1. The summed E-state index contributed by atoms with van der Waals surface area (Å²) >= 11 is 1.50. The van der Waals surface area contributed by atoms with Crippen LogP contribution in [0.2, 0.25) is 0 Å². The van der Waals surface area contributed by atoms with E-state index in [1.54, 1.807) is 0 Å². The number of alkyl halides is 2. The largest absolute Gasteiger partial charge is 0.265 e. The van der Waals surface area contributed by atoms with Gasteiger partial charge in [0, 0.05) is 5.56 Å². The van der Waals surface area contributed by atoms with Crippen molar-refractivity contribution in [2.45, 2.75) is 11.5 Å². The van der Waals surface area contributed by atoms with Crippen LogP contribution in [0.25, 0.3) is 0 Å². The number of aromatic nitrogens is 1. The highest BCUT2D eigenvalue weighted by Crippen LogP contribution is 2.26. The Labute approximate surface area is 103 Å². The highest BCUT2D eigenvalue weighted by atomic mass is 127. The molecule has 2 N–H and O–H groups in total. The smallest absolute Gasteiger partial charge is 0.227 e. The fourth-order valence-corrected chi connectivity index (χ4v) is 2.30. The van der Waals surface area contributed by atoms with Crippen molar-refractivity contribution in [1.82, 2.24) is 4.98 Å². The predicted octanol–water partition coefficient (Wildman–Crippen LogP) is 1.14. The molecule has 0 aromatic carbocycles. The lowest BCUT2D eigenvalue weighted by atomic mass is 10.2. The van der Waals surface area contributed by atoms with Gasteiger partial charge >= 0.3 is 0 Å². The minimum absolute atomic E-state index is 0.123. The first-order valence-electron chi connectivity index (χ1n) is 3.69. The van der Waals surface area contributed by atoms with Crippen molar-refractivity contribution in [3.63, 3.8) is 0 Å². The van der Waals surface area contributed by atoms with Gasteiger partial charge in [0.15, 0.2) is 5.03 Å². The van der Waals surface area contributed by atoms with Crippen LogP contribution in [0.4, 0.5) is 8.78 Å². The van der Waals surface area contributed by atoms with Crippen LogP contribution < -0.4 is 5.14 Å². The van der Waals surface area contributed by atoms with Gasteiger partial charge in [0.05, 0.1) is 5.56 Å². The summed E-state index contributed by atoms with van der Waals surface area (Å²) < 4.78 is 46.9. The maximum Gasteiger partial charge on any atom is 0.265 e. The fraction of sp³-hybridized carbons (Fsp3) is 0.143. The van der Waals surface area contributed by atoms with Gasteiger partial charge in [-0.05, 0) is 28.7 Å². The molecule has 9 heteroatoms. The van der Waals surface area contributed by atoms with Crippen molar-refractivity contribution in [1.29, 1.82) is 5.26 Å². The van der Waals surface area contributed by atoms with Crippen molar-refractivity contribution in [3.8, 4) is 6.07 Å². The number of nitriles is 1. The van der Waals surface area contributed by atoms with Crippen molar-refractivity contribution in [3.05, 3.63) is 20.9 Å². The molecule has 1 aromatic rings. The zero-order chi connectivity index (χ0) is 12.5. The minimum Gasteiger partial charge on any atom is -0.227 e. The molecule has 0 unspecified atom stereocenters. The molecule has 0 amide bonds. The Kier molecular flexibility index (Phi) is 3.76. The Morgan fingerprint density at radius 3 is 2.50 bits per heavy atom. The maximum absolute atomic E-state index is 12.5. The first-order chi connectivity index (χ1) is 7.27. The summed E-state index contributed by atoms with van der Waals surface area (Å²) in [6.45, 7) is 0. The second kappa shape index (κ2) is 4.56. The number of halogens is 3. The Balaban J connectivity index is 3.61. The van der Waals surface area contributed by atoms with E-state index in [2.05, 4.69) is 4.98 Å². The van der Waals surface area contributed by atoms with Crippen LogP contribution in [-0.2, 0) is 10.0 Å². The fourth-order valence-electron chi connectivity index (χ4n) is 0.938. The quantitative estimate of drug-likeness (QED) is 0.633. The lowest BCUT2D eigenvalue weighted by Gasteiger charge is -2.06. The van der Waals surface area contributed by atoms with E-state index in [1.165, 1.54) is 28.7 Å². The van der Waals surface area contributed by atoms with Crippen LogP contribution >= 0.6 is 22.6 Å². The summed E-state index contributed by atoms with van der Waals surface area (Å²) in [6, 6.07) is 2.15. The SMILES string of the molecule is N#Cc1c(C(F)F)cc(S(N)(=O)=O)nc1I. The molecule has 0 aliphatic rings. The maximum atomic E-state index is 12.5.